The first-order valence-electron chi connectivity index (χ1n) is 7.47. The number of carbonyl (C=O) groups excluding carboxylic acids is 1. The van der Waals surface area contributed by atoms with Crippen molar-refractivity contribution in [2.45, 2.75) is 38.5 Å². The number of nitrogens with one attached hydrogen (secondary N) is 1. The highest BCUT2D eigenvalue weighted by molar-refractivity contribution is 7.89. The Morgan fingerprint density at radius 1 is 1.10 bits per heavy atom. The third-order valence-corrected chi connectivity index (χ3v) is 5.32. The summed E-state index contributed by atoms with van der Waals surface area (Å²) in [6.45, 7) is 2.02. The second-order valence-corrected chi connectivity index (χ2v) is 7.76. The van der Waals surface area contributed by atoms with Gasteiger partial charge >= 0.3 is 6.03 Å². The van der Waals surface area contributed by atoms with Gasteiger partial charge in [0.05, 0.1) is 5.75 Å². The van der Waals surface area contributed by atoms with Crippen LogP contribution in [0.3, 0.4) is 0 Å². The molecule has 116 valence electrons. The minimum Gasteiger partial charge on any atom is -0.338 e. The summed E-state index contributed by atoms with van der Waals surface area (Å²) in [5, 5.41) is 8.06. The number of amides is 2. The Morgan fingerprint density at radius 2 is 1.70 bits per heavy atom. The quantitative estimate of drug-likeness (QED) is 0.807. The summed E-state index contributed by atoms with van der Waals surface area (Å²) in [7, 11) is -3.40. The maximum absolute atomic E-state index is 12.0. The fraction of sp³-hybridized carbons (Fsp3) is 0.923. The van der Waals surface area contributed by atoms with Gasteiger partial charge in [0.2, 0.25) is 10.0 Å². The van der Waals surface area contributed by atoms with E-state index in [2.05, 4.69) is 5.32 Å². The molecule has 2 aliphatic rings. The highest BCUT2D eigenvalue weighted by Gasteiger charge is 2.25. The molecule has 6 nitrogen and oxygen atoms in total. The number of piperidine rings is 1. The Balaban J connectivity index is 1.68. The topological polar surface area (TPSA) is 92.5 Å². The van der Waals surface area contributed by atoms with E-state index in [9.17, 15) is 13.2 Å². The Labute approximate surface area is 121 Å². The van der Waals surface area contributed by atoms with Gasteiger partial charge in [0.15, 0.2) is 0 Å². The van der Waals surface area contributed by atoms with E-state index in [-0.39, 0.29) is 17.7 Å². The van der Waals surface area contributed by atoms with Crippen LogP contribution < -0.4 is 10.5 Å². The summed E-state index contributed by atoms with van der Waals surface area (Å²) in [5.41, 5.74) is 0. The minimum atomic E-state index is -3.40. The molecule has 1 saturated heterocycles. The second kappa shape index (κ2) is 6.76. The minimum absolute atomic E-state index is 0.00837. The smallest absolute Gasteiger partial charge is 0.317 e. The van der Waals surface area contributed by atoms with Crippen LogP contribution >= 0.6 is 0 Å². The van der Waals surface area contributed by atoms with Gasteiger partial charge in [-0.25, -0.2) is 18.4 Å². The van der Waals surface area contributed by atoms with Crippen molar-refractivity contribution in [3.8, 4) is 0 Å². The van der Waals surface area contributed by atoms with Crippen molar-refractivity contribution in [2.75, 3.05) is 25.4 Å². The lowest BCUT2D eigenvalue weighted by Gasteiger charge is -2.31. The van der Waals surface area contributed by atoms with Gasteiger partial charge in [-0.05, 0) is 37.5 Å². The number of hydrogen-bond acceptors (Lipinski definition) is 3. The van der Waals surface area contributed by atoms with Crippen molar-refractivity contribution in [2.24, 2.45) is 17.0 Å². The van der Waals surface area contributed by atoms with Gasteiger partial charge in [-0.2, -0.15) is 0 Å². The molecule has 2 fully saturated rings. The Morgan fingerprint density at radius 3 is 2.25 bits per heavy atom. The number of carbonyl (C=O) groups is 1. The number of likely N-dealkylation sites (tertiary alicyclic amines) is 1. The van der Waals surface area contributed by atoms with E-state index >= 15 is 0 Å². The molecule has 0 spiro atoms. The Hall–Kier alpha value is -0.820. The highest BCUT2D eigenvalue weighted by Crippen LogP contribution is 2.24. The average Bonchev–Trinajstić information content (AvgIpc) is 2.88. The number of nitrogens with zero attached hydrogens (tertiary/aromatic N) is 1. The summed E-state index contributed by atoms with van der Waals surface area (Å²) >= 11 is 0. The zero-order chi connectivity index (χ0) is 14.6. The number of nitrogens with two attached hydrogens (primary N) is 1. The summed E-state index contributed by atoms with van der Waals surface area (Å²) in [4.78, 5) is 13.8. The van der Waals surface area contributed by atoms with Crippen molar-refractivity contribution in [1.82, 2.24) is 10.2 Å². The number of rotatable bonds is 4. The van der Waals surface area contributed by atoms with Crippen LogP contribution in [0, 0.1) is 11.8 Å². The molecule has 2 amide bonds. The first kappa shape index (κ1) is 15.6. The molecule has 1 aliphatic heterocycles. The summed E-state index contributed by atoms with van der Waals surface area (Å²) in [6.07, 6.45) is 6.42. The molecular weight excluding hydrogens is 278 g/mol. The third kappa shape index (κ3) is 4.94. The van der Waals surface area contributed by atoms with Crippen molar-refractivity contribution < 1.29 is 13.2 Å². The molecule has 0 unspecified atom stereocenters. The lowest BCUT2D eigenvalue weighted by Crippen LogP contribution is -2.46. The third-order valence-electron chi connectivity index (χ3n) is 4.39. The second-order valence-electron chi connectivity index (χ2n) is 6.10. The molecule has 1 aliphatic carbocycles. The highest BCUT2D eigenvalue weighted by atomic mass is 32.2. The van der Waals surface area contributed by atoms with E-state index in [0.29, 0.717) is 31.8 Å². The van der Waals surface area contributed by atoms with Crippen LogP contribution in [-0.4, -0.2) is 44.7 Å². The predicted molar refractivity (Wildman–Crippen MR) is 77.6 cm³/mol. The first-order chi connectivity index (χ1) is 9.44. The molecule has 1 saturated carbocycles. The van der Waals surface area contributed by atoms with E-state index < -0.39 is 10.0 Å². The van der Waals surface area contributed by atoms with Gasteiger partial charge in [0.25, 0.3) is 0 Å². The van der Waals surface area contributed by atoms with Gasteiger partial charge < -0.3 is 10.2 Å². The fourth-order valence-corrected chi connectivity index (χ4v) is 4.18. The zero-order valence-corrected chi connectivity index (χ0v) is 12.7. The molecule has 0 aromatic carbocycles. The molecule has 7 heteroatoms. The number of hydrogen-bond donors (Lipinski definition) is 2. The van der Waals surface area contributed by atoms with Crippen LogP contribution in [0.4, 0.5) is 4.79 Å². The molecule has 0 radical (unpaired) electrons. The lowest BCUT2D eigenvalue weighted by molar-refractivity contribution is 0.173. The molecule has 0 aromatic rings. The van der Waals surface area contributed by atoms with Gasteiger partial charge in [-0.15, -0.1) is 0 Å². The fourth-order valence-electron chi connectivity index (χ4n) is 3.19. The Bertz CT molecular complexity index is 424. The van der Waals surface area contributed by atoms with Crippen molar-refractivity contribution >= 4 is 16.1 Å². The maximum Gasteiger partial charge on any atom is 0.317 e. The molecule has 0 aromatic heterocycles. The zero-order valence-electron chi connectivity index (χ0n) is 11.9. The van der Waals surface area contributed by atoms with Gasteiger partial charge in [-0.1, -0.05) is 12.8 Å². The number of sulfonamides is 1. The molecule has 1 heterocycles. The number of urea groups is 1. The molecule has 0 atom stereocenters. The van der Waals surface area contributed by atoms with Gasteiger partial charge in [-0.3, -0.25) is 0 Å². The SMILES string of the molecule is NS(=O)(=O)CC1CCN(C(=O)NCC2CCCC2)CC1. The normalized spacial score (nSPS) is 22.1. The van der Waals surface area contributed by atoms with Crippen LogP contribution in [0.15, 0.2) is 0 Å². The first-order valence-corrected chi connectivity index (χ1v) is 9.19. The maximum atomic E-state index is 12.0. The van der Waals surface area contributed by atoms with Gasteiger partial charge in [0, 0.05) is 19.6 Å². The van der Waals surface area contributed by atoms with Crippen molar-refractivity contribution in [1.29, 1.82) is 0 Å². The van der Waals surface area contributed by atoms with Crippen LogP contribution in [0.2, 0.25) is 0 Å². The Kier molecular flexibility index (Phi) is 5.26. The van der Waals surface area contributed by atoms with E-state index in [1.807, 2.05) is 0 Å². The van der Waals surface area contributed by atoms with Crippen LogP contribution in [0.1, 0.15) is 38.5 Å². The average molecular weight is 303 g/mol. The lowest BCUT2D eigenvalue weighted by atomic mass is 9.99. The van der Waals surface area contributed by atoms with E-state index in [4.69, 9.17) is 5.14 Å². The molecule has 3 N–H and O–H groups in total. The van der Waals surface area contributed by atoms with E-state index in [1.165, 1.54) is 25.7 Å². The van der Waals surface area contributed by atoms with Crippen LogP contribution in [-0.2, 0) is 10.0 Å². The predicted octanol–water partition coefficient (Wildman–Crippen LogP) is 0.887. The molecular formula is C13H25N3O3S. The molecule has 0 bridgehead atoms. The molecule has 20 heavy (non-hydrogen) atoms. The van der Waals surface area contributed by atoms with Crippen LogP contribution in [0.25, 0.3) is 0 Å². The largest absolute Gasteiger partial charge is 0.338 e. The summed E-state index contributed by atoms with van der Waals surface area (Å²) < 4.78 is 22.1. The summed E-state index contributed by atoms with van der Waals surface area (Å²) in [5.74, 6) is 0.757. The van der Waals surface area contributed by atoms with Crippen LogP contribution in [0.5, 0.6) is 0 Å². The van der Waals surface area contributed by atoms with E-state index in [1.54, 1.807) is 4.90 Å². The summed E-state index contributed by atoms with van der Waals surface area (Å²) in [6, 6.07) is -0.00837. The number of primary sulfonamides is 1. The molecule has 2 rings (SSSR count). The monoisotopic (exact) mass is 303 g/mol. The van der Waals surface area contributed by atoms with Crippen molar-refractivity contribution in [3.05, 3.63) is 0 Å². The standard InChI is InChI=1S/C13H25N3O3S/c14-20(18,19)10-12-5-7-16(8-6-12)13(17)15-9-11-3-1-2-4-11/h11-12H,1-10H2,(H,15,17)(H2,14,18,19). The van der Waals surface area contributed by atoms with Crippen molar-refractivity contribution in [3.63, 3.8) is 0 Å². The van der Waals surface area contributed by atoms with Gasteiger partial charge in [0.1, 0.15) is 0 Å². The van der Waals surface area contributed by atoms with E-state index in [0.717, 1.165) is 6.54 Å².